The van der Waals surface area contributed by atoms with Crippen LogP contribution in [-0.2, 0) is 11.3 Å². The van der Waals surface area contributed by atoms with Gasteiger partial charge in [-0.2, -0.15) is 0 Å². The Balaban J connectivity index is 2.02. The number of carbonyl (C=O) groups excluding carboxylic acids is 1. The quantitative estimate of drug-likeness (QED) is 0.846. The SMILES string of the molecule is C[C@H](c1cccnc1)N(C)Cc1ccc(OCC(N)=O)c(Cl)c1. The molecule has 0 spiro atoms. The number of nitrogens with zero attached hydrogens (tertiary/aromatic N) is 2. The fourth-order valence-electron chi connectivity index (χ4n) is 2.21. The molecule has 23 heavy (non-hydrogen) atoms. The fraction of sp³-hybridized carbons (Fsp3) is 0.294. The van der Waals surface area contributed by atoms with E-state index >= 15 is 0 Å². The van der Waals surface area contributed by atoms with Crippen molar-refractivity contribution >= 4 is 17.5 Å². The Morgan fingerprint density at radius 2 is 2.22 bits per heavy atom. The second-order valence-corrected chi connectivity index (χ2v) is 5.80. The van der Waals surface area contributed by atoms with Gasteiger partial charge >= 0.3 is 0 Å². The van der Waals surface area contributed by atoms with Crippen molar-refractivity contribution < 1.29 is 9.53 Å². The molecule has 0 fully saturated rings. The normalized spacial score (nSPS) is 12.2. The van der Waals surface area contributed by atoms with Gasteiger partial charge in [0.1, 0.15) is 5.75 Å². The number of rotatable bonds is 7. The molecule has 2 rings (SSSR count). The number of hydrogen-bond donors (Lipinski definition) is 1. The van der Waals surface area contributed by atoms with E-state index in [1.165, 1.54) is 0 Å². The molecule has 1 aromatic carbocycles. The van der Waals surface area contributed by atoms with Gasteiger partial charge in [-0.05, 0) is 43.3 Å². The maximum absolute atomic E-state index is 10.7. The molecule has 0 radical (unpaired) electrons. The summed E-state index contributed by atoms with van der Waals surface area (Å²) in [6, 6.07) is 9.74. The lowest BCUT2D eigenvalue weighted by Gasteiger charge is -2.25. The van der Waals surface area contributed by atoms with Crippen molar-refractivity contribution in [3.05, 3.63) is 58.9 Å². The Kier molecular flexibility index (Phi) is 5.96. The average molecular weight is 334 g/mol. The smallest absolute Gasteiger partial charge is 0.255 e. The second kappa shape index (κ2) is 7.94. The van der Waals surface area contributed by atoms with Gasteiger partial charge in [-0.3, -0.25) is 14.7 Å². The highest BCUT2D eigenvalue weighted by atomic mass is 35.5. The molecule has 0 aliphatic heterocycles. The van der Waals surface area contributed by atoms with Crippen molar-refractivity contribution in [3.63, 3.8) is 0 Å². The first kappa shape index (κ1) is 17.2. The Morgan fingerprint density at radius 3 is 2.83 bits per heavy atom. The van der Waals surface area contributed by atoms with Crippen LogP contribution in [-0.4, -0.2) is 29.4 Å². The van der Waals surface area contributed by atoms with Crippen LogP contribution in [0.25, 0.3) is 0 Å². The monoisotopic (exact) mass is 333 g/mol. The number of hydrogen-bond acceptors (Lipinski definition) is 4. The second-order valence-electron chi connectivity index (χ2n) is 5.40. The zero-order valence-corrected chi connectivity index (χ0v) is 14.0. The van der Waals surface area contributed by atoms with Gasteiger partial charge in [-0.15, -0.1) is 0 Å². The van der Waals surface area contributed by atoms with Crippen LogP contribution < -0.4 is 10.5 Å². The molecule has 5 nitrogen and oxygen atoms in total. The average Bonchev–Trinajstić information content (AvgIpc) is 2.54. The van der Waals surface area contributed by atoms with Crippen LogP contribution >= 0.6 is 11.6 Å². The lowest BCUT2D eigenvalue weighted by molar-refractivity contribution is -0.119. The van der Waals surface area contributed by atoms with Gasteiger partial charge in [-0.1, -0.05) is 23.7 Å². The Morgan fingerprint density at radius 1 is 1.43 bits per heavy atom. The number of amides is 1. The van der Waals surface area contributed by atoms with Crippen molar-refractivity contribution in [1.29, 1.82) is 0 Å². The van der Waals surface area contributed by atoms with E-state index < -0.39 is 5.91 Å². The van der Waals surface area contributed by atoms with Crippen LogP contribution in [0.3, 0.4) is 0 Å². The summed E-state index contributed by atoms with van der Waals surface area (Å²) in [4.78, 5) is 17.1. The highest BCUT2D eigenvalue weighted by Gasteiger charge is 2.13. The highest BCUT2D eigenvalue weighted by molar-refractivity contribution is 6.32. The summed E-state index contributed by atoms with van der Waals surface area (Å²) in [5.41, 5.74) is 7.27. The van der Waals surface area contributed by atoms with Gasteiger partial charge in [0, 0.05) is 25.0 Å². The van der Waals surface area contributed by atoms with E-state index in [4.69, 9.17) is 22.1 Å². The summed E-state index contributed by atoms with van der Waals surface area (Å²) in [7, 11) is 2.04. The number of benzene rings is 1. The van der Waals surface area contributed by atoms with E-state index in [9.17, 15) is 4.79 Å². The Hall–Kier alpha value is -2.11. The van der Waals surface area contributed by atoms with Crippen LogP contribution in [0.1, 0.15) is 24.1 Å². The summed E-state index contributed by atoms with van der Waals surface area (Å²) in [6.07, 6.45) is 3.63. The fourth-order valence-corrected chi connectivity index (χ4v) is 2.47. The van der Waals surface area contributed by atoms with Crippen molar-refractivity contribution in [2.45, 2.75) is 19.5 Å². The zero-order chi connectivity index (χ0) is 16.8. The number of carbonyl (C=O) groups is 1. The van der Waals surface area contributed by atoms with E-state index in [0.29, 0.717) is 10.8 Å². The molecular weight excluding hydrogens is 314 g/mol. The van der Waals surface area contributed by atoms with E-state index in [-0.39, 0.29) is 12.6 Å². The van der Waals surface area contributed by atoms with Gasteiger partial charge in [-0.25, -0.2) is 0 Å². The first-order valence-electron chi connectivity index (χ1n) is 7.27. The third-order valence-corrected chi connectivity index (χ3v) is 3.92. The van der Waals surface area contributed by atoms with E-state index in [1.807, 2.05) is 31.4 Å². The maximum Gasteiger partial charge on any atom is 0.255 e. The molecule has 0 saturated heterocycles. The van der Waals surface area contributed by atoms with Crippen molar-refractivity contribution in [3.8, 4) is 5.75 Å². The summed E-state index contributed by atoms with van der Waals surface area (Å²) >= 11 is 6.19. The molecule has 1 amide bonds. The zero-order valence-electron chi connectivity index (χ0n) is 13.2. The summed E-state index contributed by atoms with van der Waals surface area (Å²) in [5, 5.41) is 0.464. The maximum atomic E-state index is 10.7. The molecule has 0 saturated carbocycles. The van der Waals surface area contributed by atoms with Crippen LogP contribution in [0.5, 0.6) is 5.75 Å². The first-order chi connectivity index (χ1) is 11.0. The third-order valence-electron chi connectivity index (χ3n) is 3.63. The van der Waals surface area contributed by atoms with Crippen LogP contribution in [0.15, 0.2) is 42.7 Å². The number of pyridine rings is 1. The minimum atomic E-state index is -0.532. The van der Waals surface area contributed by atoms with Gasteiger partial charge in [0.15, 0.2) is 6.61 Å². The molecule has 6 heteroatoms. The molecule has 2 N–H and O–H groups in total. The van der Waals surface area contributed by atoms with Gasteiger partial charge < -0.3 is 10.5 Å². The van der Waals surface area contributed by atoms with Crippen molar-refractivity contribution in [1.82, 2.24) is 9.88 Å². The standard InChI is InChI=1S/C17H20ClN3O2/c1-12(14-4-3-7-20-9-14)21(2)10-13-5-6-16(15(18)8-13)23-11-17(19)22/h3-9,12H,10-11H2,1-2H3,(H2,19,22)/t12-/m1/s1. The predicted molar refractivity (Wildman–Crippen MR) is 90.3 cm³/mol. The first-order valence-corrected chi connectivity index (χ1v) is 7.65. The summed E-state index contributed by atoms with van der Waals surface area (Å²) in [5.74, 6) is -0.0765. The lowest BCUT2D eigenvalue weighted by atomic mass is 10.1. The van der Waals surface area contributed by atoms with Crippen LogP contribution in [0.2, 0.25) is 5.02 Å². The van der Waals surface area contributed by atoms with Gasteiger partial charge in [0.2, 0.25) is 0 Å². The van der Waals surface area contributed by atoms with Crippen molar-refractivity contribution in [2.75, 3.05) is 13.7 Å². The van der Waals surface area contributed by atoms with Crippen molar-refractivity contribution in [2.24, 2.45) is 5.73 Å². The molecule has 0 aliphatic rings. The molecule has 1 atom stereocenters. The van der Waals surface area contributed by atoms with Crippen LogP contribution in [0, 0.1) is 0 Å². The van der Waals surface area contributed by atoms with Gasteiger partial charge in [0.25, 0.3) is 5.91 Å². The van der Waals surface area contributed by atoms with Gasteiger partial charge in [0.05, 0.1) is 5.02 Å². The largest absolute Gasteiger partial charge is 0.482 e. The molecule has 2 aromatic rings. The molecule has 0 aliphatic carbocycles. The molecule has 1 heterocycles. The minimum Gasteiger partial charge on any atom is -0.482 e. The topological polar surface area (TPSA) is 68.5 Å². The Labute approximate surface area is 141 Å². The number of ether oxygens (including phenoxy) is 1. The molecular formula is C17H20ClN3O2. The molecule has 0 bridgehead atoms. The summed E-state index contributed by atoms with van der Waals surface area (Å²) in [6.45, 7) is 2.67. The van der Waals surface area contributed by atoms with E-state index in [2.05, 4.69) is 22.9 Å². The number of nitrogens with two attached hydrogens (primary N) is 1. The molecule has 0 unspecified atom stereocenters. The molecule has 1 aromatic heterocycles. The van der Waals surface area contributed by atoms with Crippen LogP contribution in [0.4, 0.5) is 0 Å². The van der Waals surface area contributed by atoms with E-state index in [1.54, 1.807) is 12.3 Å². The third kappa shape index (κ3) is 4.94. The number of aromatic nitrogens is 1. The predicted octanol–water partition coefficient (Wildman–Crippen LogP) is 2.79. The molecule has 122 valence electrons. The number of primary amides is 1. The lowest BCUT2D eigenvalue weighted by Crippen LogP contribution is -2.22. The minimum absolute atomic E-state index is 0.184. The highest BCUT2D eigenvalue weighted by Crippen LogP contribution is 2.27. The summed E-state index contributed by atoms with van der Waals surface area (Å²) < 4.78 is 5.25. The number of halogens is 1. The Bertz CT molecular complexity index is 664. The van der Waals surface area contributed by atoms with E-state index in [0.717, 1.165) is 17.7 Å².